The Kier molecular flexibility index (Phi) is 19.3. The molecule has 3 N–H and O–H groups in total. The Morgan fingerprint density at radius 1 is 0.680 bits per heavy atom. The number of carboxylic acids is 1. The molecule has 0 spiro atoms. The monoisotopic (exact) mass is 355 g/mol. The van der Waals surface area contributed by atoms with Gasteiger partial charge in [-0.25, -0.2) is 0 Å². The lowest BCUT2D eigenvalue weighted by molar-refractivity contribution is -0.137. The summed E-state index contributed by atoms with van der Waals surface area (Å²) in [5.74, 6) is -0.778. The lowest BCUT2D eigenvalue weighted by Gasteiger charge is -2.08. The van der Waals surface area contributed by atoms with E-state index in [0.29, 0.717) is 0 Å². The first kappa shape index (κ1) is 24.4. The average molecular weight is 356 g/mol. The topological polar surface area (TPSA) is 63.3 Å². The highest BCUT2D eigenvalue weighted by atomic mass is 16.4. The first-order chi connectivity index (χ1) is 12.2. The third kappa shape index (κ3) is 21.4. The van der Waals surface area contributed by atoms with Crippen molar-refractivity contribution >= 4 is 5.97 Å². The SMILES string of the molecule is CCCCCCCCCCCCCCCCCCCC(N)CC(=O)O. The standard InChI is InChI=1S/C22H45NO2/c1-2-3-4-5-6-7-8-9-10-11-12-13-14-15-16-17-18-19-21(23)20-22(24)25/h21H,2-20,23H2,1H3,(H,24,25). The Bertz CT molecular complexity index is 281. The Morgan fingerprint density at radius 3 is 1.32 bits per heavy atom. The number of nitrogens with two attached hydrogens (primary N) is 1. The number of carboxylic acid groups (broad SMARTS) is 1. The molecule has 150 valence electrons. The van der Waals surface area contributed by atoms with Gasteiger partial charge in [-0.3, -0.25) is 4.79 Å². The van der Waals surface area contributed by atoms with E-state index in [1.165, 1.54) is 103 Å². The Hall–Kier alpha value is -0.570. The molecular formula is C22H45NO2. The van der Waals surface area contributed by atoms with Crippen molar-refractivity contribution in [3.8, 4) is 0 Å². The van der Waals surface area contributed by atoms with Gasteiger partial charge < -0.3 is 10.8 Å². The third-order valence-corrected chi connectivity index (χ3v) is 5.12. The van der Waals surface area contributed by atoms with Crippen molar-refractivity contribution in [1.29, 1.82) is 0 Å². The fraction of sp³-hybridized carbons (Fsp3) is 0.955. The zero-order chi connectivity index (χ0) is 18.6. The molecule has 0 aliphatic rings. The van der Waals surface area contributed by atoms with Crippen molar-refractivity contribution in [2.75, 3.05) is 0 Å². The molecule has 0 amide bonds. The van der Waals surface area contributed by atoms with Gasteiger partial charge in [0, 0.05) is 6.04 Å². The van der Waals surface area contributed by atoms with Gasteiger partial charge in [-0.1, -0.05) is 116 Å². The van der Waals surface area contributed by atoms with Crippen LogP contribution in [0.1, 0.15) is 129 Å². The van der Waals surface area contributed by atoms with Crippen molar-refractivity contribution < 1.29 is 9.90 Å². The molecular weight excluding hydrogens is 310 g/mol. The molecule has 0 aliphatic heterocycles. The van der Waals surface area contributed by atoms with Gasteiger partial charge in [0.1, 0.15) is 0 Å². The molecule has 1 atom stereocenters. The second-order valence-electron chi connectivity index (χ2n) is 7.80. The molecule has 0 heterocycles. The van der Waals surface area contributed by atoms with Gasteiger partial charge in [-0.15, -0.1) is 0 Å². The first-order valence-electron chi connectivity index (χ1n) is 11.1. The number of rotatable bonds is 20. The molecule has 0 bridgehead atoms. The maximum absolute atomic E-state index is 10.5. The van der Waals surface area contributed by atoms with Gasteiger partial charge in [0.2, 0.25) is 0 Å². The molecule has 0 aliphatic carbocycles. The smallest absolute Gasteiger partial charge is 0.304 e. The molecule has 3 nitrogen and oxygen atoms in total. The zero-order valence-electron chi connectivity index (χ0n) is 16.9. The van der Waals surface area contributed by atoms with Crippen LogP contribution < -0.4 is 5.73 Å². The zero-order valence-corrected chi connectivity index (χ0v) is 16.9. The summed E-state index contributed by atoms with van der Waals surface area (Å²) in [7, 11) is 0. The van der Waals surface area contributed by atoms with Crippen molar-refractivity contribution in [2.45, 2.75) is 135 Å². The molecule has 0 aromatic heterocycles. The predicted molar refractivity (Wildman–Crippen MR) is 109 cm³/mol. The minimum Gasteiger partial charge on any atom is -0.481 e. The largest absolute Gasteiger partial charge is 0.481 e. The summed E-state index contributed by atoms with van der Waals surface area (Å²) in [6, 6.07) is -0.158. The van der Waals surface area contributed by atoms with Crippen LogP contribution in [0.3, 0.4) is 0 Å². The molecule has 1 unspecified atom stereocenters. The Morgan fingerprint density at radius 2 is 1.00 bits per heavy atom. The third-order valence-electron chi connectivity index (χ3n) is 5.12. The molecule has 0 radical (unpaired) electrons. The van der Waals surface area contributed by atoms with E-state index >= 15 is 0 Å². The van der Waals surface area contributed by atoms with E-state index in [9.17, 15) is 4.79 Å². The average Bonchev–Trinajstić information content (AvgIpc) is 2.57. The van der Waals surface area contributed by atoms with Crippen LogP contribution in [0, 0.1) is 0 Å². The lowest BCUT2D eigenvalue weighted by atomic mass is 10.0. The van der Waals surface area contributed by atoms with Crippen LogP contribution in [0.25, 0.3) is 0 Å². The number of hydrogen-bond donors (Lipinski definition) is 2. The molecule has 3 heteroatoms. The molecule has 25 heavy (non-hydrogen) atoms. The van der Waals surface area contributed by atoms with E-state index in [2.05, 4.69) is 6.92 Å². The lowest BCUT2D eigenvalue weighted by Crippen LogP contribution is -2.23. The molecule has 0 rings (SSSR count). The molecule has 0 fully saturated rings. The highest BCUT2D eigenvalue weighted by Crippen LogP contribution is 2.14. The molecule has 0 aromatic rings. The highest BCUT2D eigenvalue weighted by Gasteiger charge is 2.06. The maximum atomic E-state index is 10.5. The van der Waals surface area contributed by atoms with Crippen molar-refractivity contribution in [3.63, 3.8) is 0 Å². The van der Waals surface area contributed by atoms with Gasteiger partial charge in [-0.2, -0.15) is 0 Å². The van der Waals surface area contributed by atoms with Crippen molar-refractivity contribution in [3.05, 3.63) is 0 Å². The van der Waals surface area contributed by atoms with Crippen LogP contribution >= 0.6 is 0 Å². The van der Waals surface area contributed by atoms with Crippen molar-refractivity contribution in [2.24, 2.45) is 5.73 Å². The van der Waals surface area contributed by atoms with Gasteiger partial charge >= 0.3 is 5.97 Å². The van der Waals surface area contributed by atoms with Gasteiger partial charge in [-0.05, 0) is 6.42 Å². The molecule has 0 saturated heterocycles. The fourth-order valence-electron chi connectivity index (χ4n) is 3.46. The van der Waals surface area contributed by atoms with E-state index in [0.717, 1.165) is 12.8 Å². The van der Waals surface area contributed by atoms with Gasteiger partial charge in [0.15, 0.2) is 0 Å². The Balaban J connectivity index is 3.06. The normalized spacial score (nSPS) is 12.4. The summed E-state index contributed by atoms with van der Waals surface area (Å²) in [6.45, 7) is 2.28. The van der Waals surface area contributed by atoms with E-state index in [1.807, 2.05) is 0 Å². The van der Waals surface area contributed by atoms with Crippen LogP contribution in [0.4, 0.5) is 0 Å². The second-order valence-corrected chi connectivity index (χ2v) is 7.80. The minimum absolute atomic E-state index is 0.110. The summed E-state index contributed by atoms with van der Waals surface area (Å²) in [4.78, 5) is 10.5. The van der Waals surface area contributed by atoms with E-state index < -0.39 is 5.97 Å². The quantitative estimate of drug-likeness (QED) is 0.235. The number of aliphatic carboxylic acids is 1. The first-order valence-corrected chi connectivity index (χ1v) is 11.1. The number of carbonyl (C=O) groups is 1. The minimum atomic E-state index is -0.778. The van der Waals surface area contributed by atoms with Crippen LogP contribution in [0.15, 0.2) is 0 Å². The van der Waals surface area contributed by atoms with Crippen LogP contribution in [-0.2, 0) is 4.79 Å². The van der Waals surface area contributed by atoms with Gasteiger partial charge in [0.05, 0.1) is 6.42 Å². The van der Waals surface area contributed by atoms with Crippen LogP contribution in [0.2, 0.25) is 0 Å². The predicted octanol–water partition coefficient (Wildman–Crippen LogP) is 6.83. The summed E-state index contributed by atoms with van der Waals surface area (Å²) in [6.07, 6.45) is 24.2. The maximum Gasteiger partial charge on any atom is 0.304 e. The molecule has 0 aromatic carbocycles. The van der Waals surface area contributed by atoms with Crippen LogP contribution in [0.5, 0.6) is 0 Å². The number of hydrogen-bond acceptors (Lipinski definition) is 2. The Labute approximate surface area is 157 Å². The second kappa shape index (κ2) is 19.8. The number of unbranched alkanes of at least 4 members (excludes halogenated alkanes) is 16. The summed E-state index contributed by atoms with van der Waals surface area (Å²) in [5.41, 5.74) is 5.76. The van der Waals surface area contributed by atoms with Gasteiger partial charge in [0.25, 0.3) is 0 Å². The van der Waals surface area contributed by atoms with E-state index in [1.54, 1.807) is 0 Å². The molecule has 0 saturated carbocycles. The fourth-order valence-corrected chi connectivity index (χ4v) is 3.46. The summed E-state index contributed by atoms with van der Waals surface area (Å²) >= 11 is 0. The van der Waals surface area contributed by atoms with E-state index in [-0.39, 0.29) is 12.5 Å². The summed E-state index contributed by atoms with van der Waals surface area (Å²) in [5, 5.41) is 8.65. The van der Waals surface area contributed by atoms with Crippen molar-refractivity contribution in [1.82, 2.24) is 0 Å². The summed E-state index contributed by atoms with van der Waals surface area (Å²) < 4.78 is 0. The highest BCUT2D eigenvalue weighted by molar-refractivity contribution is 5.67. The van der Waals surface area contributed by atoms with Crippen LogP contribution in [-0.4, -0.2) is 17.1 Å². The van der Waals surface area contributed by atoms with E-state index in [4.69, 9.17) is 10.8 Å².